The number of halogens is 1. The number of sulfone groups is 1. The number of rotatable bonds is 29. The van der Waals surface area contributed by atoms with Crippen molar-refractivity contribution in [2.75, 3.05) is 91.0 Å². The van der Waals surface area contributed by atoms with Crippen molar-refractivity contribution in [1.29, 1.82) is 0 Å². The first-order valence-corrected chi connectivity index (χ1v) is 28.3. The van der Waals surface area contributed by atoms with Crippen molar-refractivity contribution < 1.29 is 60.8 Å². The van der Waals surface area contributed by atoms with E-state index < -0.39 is 44.8 Å². The van der Waals surface area contributed by atoms with E-state index in [1.807, 2.05) is 24.8 Å². The molecule has 2 saturated heterocycles. The summed E-state index contributed by atoms with van der Waals surface area (Å²) < 4.78 is 60.8. The zero-order valence-corrected chi connectivity index (χ0v) is 46.2. The molecule has 416 valence electrons. The molecule has 3 aromatic carbocycles. The molecule has 5 amide bonds. The molecule has 0 spiro atoms. The van der Waals surface area contributed by atoms with Gasteiger partial charge in [0.15, 0.2) is 9.84 Å². The van der Waals surface area contributed by atoms with Gasteiger partial charge in [-0.05, 0) is 101 Å². The monoisotopic (exact) mass is 1100 g/mol. The van der Waals surface area contributed by atoms with Gasteiger partial charge in [-0.2, -0.15) is 0 Å². The first-order valence-electron chi connectivity index (χ1n) is 26.4. The van der Waals surface area contributed by atoms with Crippen LogP contribution in [-0.2, 0) is 60.7 Å². The highest BCUT2D eigenvalue weighted by Gasteiger charge is 2.45. The van der Waals surface area contributed by atoms with E-state index in [-0.39, 0.29) is 53.2 Å². The molecule has 2 fully saturated rings. The number of nitrogens with zero attached hydrogens (tertiary/aromatic N) is 4. The SMILES string of the molecule is Cc1cc(Cc2ncc(Cl)c(Cc3ccccc3S(=O)(=O)C(C)C)n2)c(OC(C)C)cc1C1CCN(C(=O)CCOCCOCCOCCOCCOCCNc2cccc3c2C(=O)N(C2CCC(=O)NC2=O)C3=O)CC1. The van der Waals surface area contributed by atoms with Crippen LogP contribution in [0.3, 0.4) is 0 Å². The normalized spacial score (nSPS) is 16.2. The van der Waals surface area contributed by atoms with Crippen molar-refractivity contribution in [1.82, 2.24) is 25.1 Å². The van der Waals surface area contributed by atoms with Crippen molar-refractivity contribution in [2.45, 2.75) is 108 Å². The zero-order chi connectivity index (χ0) is 55.1. The molecule has 77 heavy (non-hydrogen) atoms. The van der Waals surface area contributed by atoms with E-state index in [0.29, 0.717) is 126 Å². The topological polar surface area (TPSA) is 231 Å². The minimum absolute atomic E-state index is 0.0529. The first-order chi connectivity index (χ1) is 37.0. The molecule has 1 atom stereocenters. The summed E-state index contributed by atoms with van der Waals surface area (Å²) in [5, 5.41) is 5.14. The van der Waals surface area contributed by atoms with E-state index >= 15 is 0 Å². The molecule has 0 saturated carbocycles. The van der Waals surface area contributed by atoms with Gasteiger partial charge in [-0.3, -0.25) is 34.2 Å². The fourth-order valence-electron chi connectivity index (χ4n) is 9.55. The Balaban J connectivity index is 0.724. The zero-order valence-electron chi connectivity index (χ0n) is 44.6. The lowest BCUT2D eigenvalue weighted by Gasteiger charge is -2.33. The van der Waals surface area contributed by atoms with Gasteiger partial charge < -0.3 is 38.6 Å². The Hall–Kier alpha value is -5.87. The number of carbonyl (C=O) groups is 5. The van der Waals surface area contributed by atoms with E-state index in [1.54, 1.807) is 56.4 Å². The van der Waals surface area contributed by atoms with E-state index in [9.17, 15) is 32.4 Å². The third-order valence-corrected chi connectivity index (χ3v) is 16.1. The first kappa shape index (κ1) is 58.8. The number of hydrogen-bond acceptors (Lipinski definition) is 16. The Morgan fingerprint density at radius 2 is 1.44 bits per heavy atom. The lowest BCUT2D eigenvalue weighted by molar-refractivity contribution is -0.136. The third kappa shape index (κ3) is 15.7. The summed E-state index contributed by atoms with van der Waals surface area (Å²) in [5.41, 5.74) is 5.31. The Morgan fingerprint density at radius 3 is 2.09 bits per heavy atom. The third-order valence-electron chi connectivity index (χ3n) is 13.6. The Kier molecular flexibility index (Phi) is 21.5. The number of imide groups is 2. The number of aryl methyl sites for hydroxylation is 1. The standard InChI is InChI=1S/C56H71ClN6O13S/c1-36(2)76-48-34-43(38(5)31-41(48)33-50-59-35-44(57)46(60-50)32-40-9-6-7-12-49(40)77(69,70)37(3)4)39-15-19-62(20-16-39)52(65)17-21-71-23-25-73-27-29-75-30-28-74-26-24-72-22-18-58-45-11-8-10-42-53(45)56(68)63(55(42)67)47-13-14-51(64)61-54(47)66/h6-12,31,34-37,39,47,58H,13-30,32-33H2,1-5H3,(H,61,64,66). The summed E-state index contributed by atoms with van der Waals surface area (Å²) in [7, 11) is -3.52. The van der Waals surface area contributed by atoms with Gasteiger partial charge in [0.05, 0.1) is 111 Å². The fraction of sp³-hybridized carbons (Fsp3) is 0.518. The predicted octanol–water partition coefficient (Wildman–Crippen LogP) is 6.28. The minimum atomic E-state index is -3.52. The van der Waals surface area contributed by atoms with E-state index in [2.05, 4.69) is 34.7 Å². The number of piperidine rings is 2. The van der Waals surface area contributed by atoms with E-state index in [4.69, 9.17) is 45.0 Å². The molecule has 0 aliphatic carbocycles. The van der Waals surface area contributed by atoms with Gasteiger partial charge in [0.1, 0.15) is 17.6 Å². The van der Waals surface area contributed by atoms with Crippen LogP contribution >= 0.6 is 11.6 Å². The number of nitrogens with one attached hydrogen (secondary N) is 2. The van der Waals surface area contributed by atoms with E-state index in [0.717, 1.165) is 34.6 Å². The van der Waals surface area contributed by atoms with Gasteiger partial charge in [-0.1, -0.05) is 41.9 Å². The van der Waals surface area contributed by atoms with Gasteiger partial charge in [-0.15, -0.1) is 0 Å². The highest BCUT2D eigenvalue weighted by atomic mass is 35.5. The Bertz CT molecular complexity index is 2840. The smallest absolute Gasteiger partial charge is 0.264 e. The quantitative estimate of drug-likeness (QED) is 0.0450. The molecule has 2 N–H and O–H groups in total. The van der Waals surface area contributed by atoms with Gasteiger partial charge >= 0.3 is 0 Å². The van der Waals surface area contributed by atoms with Crippen LogP contribution in [0.1, 0.15) is 120 Å². The number of amides is 5. The molecule has 0 bridgehead atoms. The minimum Gasteiger partial charge on any atom is -0.491 e. The van der Waals surface area contributed by atoms with Crippen LogP contribution in [0.2, 0.25) is 5.02 Å². The number of likely N-dealkylation sites (tertiary alicyclic amines) is 1. The van der Waals surface area contributed by atoms with Gasteiger partial charge in [0, 0.05) is 56.3 Å². The maximum absolute atomic E-state index is 13.2. The molecule has 1 unspecified atom stereocenters. The number of aromatic nitrogens is 2. The second-order valence-corrected chi connectivity index (χ2v) is 22.6. The number of ether oxygens (including phenoxy) is 6. The fourth-order valence-corrected chi connectivity index (χ4v) is 11.0. The summed E-state index contributed by atoms with van der Waals surface area (Å²) in [6.07, 6.45) is 4.23. The average molecular weight is 1100 g/mol. The summed E-state index contributed by atoms with van der Waals surface area (Å²) in [6.45, 7) is 14.7. The van der Waals surface area contributed by atoms with Gasteiger partial charge in [-0.25, -0.2) is 18.4 Å². The number of carbonyl (C=O) groups excluding carboxylic acids is 5. The summed E-state index contributed by atoms with van der Waals surface area (Å²) in [6, 6.07) is 15.1. The lowest BCUT2D eigenvalue weighted by Crippen LogP contribution is -2.54. The molecule has 0 radical (unpaired) electrons. The number of fused-ring (bicyclic) bond motifs is 1. The average Bonchev–Trinajstić information content (AvgIpc) is 3.69. The Labute approximate surface area is 455 Å². The van der Waals surface area contributed by atoms with Crippen LogP contribution in [0.25, 0.3) is 0 Å². The Morgan fingerprint density at radius 1 is 0.792 bits per heavy atom. The van der Waals surface area contributed by atoms with Crippen molar-refractivity contribution in [3.63, 3.8) is 0 Å². The highest BCUT2D eigenvalue weighted by molar-refractivity contribution is 7.92. The largest absolute Gasteiger partial charge is 0.491 e. The second-order valence-electron chi connectivity index (χ2n) is 19.7. The summed E-state index contributed by atoms with van der Waals surface area (Å²) >= 11 is 6.60. The molecular formula is C56H71ClN6O13S. The van der Waals surface area contributed by atoms with Crippen molar-refractivity contribution in [2.24, 2.45) is 0 Å². The van der Waals surface area contributed by atoms with Crippen LogP contribution in [0.4, 0.5) is 5.69 Å². The van der Waals surface area contributed by atoms with Crippen LogP contribution in [0.15, 0.2) is 65.7 Å². The maximum Gasteiger partial charge on any atom is 0.264 e. The summed E-state index contributed by atoms with van der Waals surface area (Å²) in [4.78, 5) is 75.9. The van der Waals surface area contributed by atoms with E-state index in [1.165, 1.54) is 5.56 Å². The molecule has 1 aromatic heterocycles. The lowest BCUT2D eigenvalue weighted by atomic mass is 9.85. The van der Waals surface area contributed by atoms with Gasteiger partial charge in [0.2, 0.25) is 17.7 Å². The number of anilines is 1. The molecule has 7 rings (SSSR count). The van der Waals surface area contributed by atoms with Crippen LogP contribution in [-0.4, -0.2) is 161 Å². The van der Waals surface area contributed by atoms with Gasteiger partial charge in [0.25, 0.3) is 11.8 Å². The van der Waals surface area contributed by atoms with Crippen molar-refractivity contribution >= 4 is 56.7 Å². The molecule has 4 heterocycles. The predicted molar refractivity (Wildman–Crippen MR) is 287 cm³/mol. The summed E-state index contributed by atoms with van der Waals surface area (Å²) in [5.74, 6) is -0.577. The highest BCUT2D eigenvalue weighted by Crippen LogP contribution is 2.37. The van der Waals surface area contributed by atoms with Crippen LogP contribution in [0.5, 0.6) is 5.75 Å². The molecule has 3 aliphatic heterocycles. The molecule has 4 aromatic rings. The van der Waals surface area contributed by atoms with Crippen LogP contribution in [0, 0.1) is 6.92 Å². The number of benzene rings is 3. The molecule has 3 aliphatic rings. The van der Waals surface area contributed by atoms with Crippen molar-refractivity contribution in [3.05, 3.63) is 111 Å². The van der Waals surface area contributed by atoms with Crippen LogP contribution < -0.4 is 15.4 Å². The molecule has 21 heteroatoms. The van der Waals surface area contributed by atoms with Crippen molar-refractivity contribution in [3.8, 4) is 5.75 Å². The second kappa shape index (κ2) is 28.1. The number of hydrogen-bond donors (Lipinski definition) is 2. The molecular weight excluding hydrogens is 1030 g/mol. The maximum atomic E-state index is 13.2. The molecule has 19 nitrogen and oxygen atoms in total.